The molecule has 7 nitrogen and oxygen atoms in total. The number of carbonyl (C=O) groups is 1. The standard InChI is InChI=1S/C18H23N5O2/c24-18(20-6-7-23-8-10-25-11-9-23)17-4-3-16(14-22-17)21-13-15-2-1-5-19-12-15/h1-5,12,14,21H,6-11,13H2,(H,20,24). The van der Waals surface area contributed by atoms with Gasteiger partial charge in [0.25, 0.3) is 5.91 Å². The first kappa shape index (κ1) is 17.3. The van der Waals surface area contributed by atoms with Gasteiger partial charge in [-0.25, -0.2) is 4.98 Å². The Morgan fingerprint density at radius 1 is 1.20 bits per heavy atom. The van der Waals surface area contributed by atoms with Crippen molar-refractivity contribution < 1.29 is 9.53 Å². The Labute approximate surface area is 147 Å². The molecular weight excluding hydrogens is 318 g/mol. The number of aromatic nitrogens is 2. The lowest BCUT2D eigenvalue weighted by Gasteiger charge is -2.26. The zero-order valence-electron chi connectivity index (χ0n) is 14.1. The molecule has 0 aliphatic carbocycles. The molecule has 2 aromatic heterocycles. The van der Waals surface area contributed by atoms with E-state index in [-0.39, 0.29) is 5.91 Å². The molecule has 0 unspecified atom stereocenters. The number of hydrogen-bond donors (Lipinski definition) is 2. The third-order valence-corrected chi connectivity index (χ3v) is 4.03. The summed E-state index contributed by atoms with van der Waals surface area (Å²) in [4.78, 5) is 22.7. The average molecular weight is 341 g/mol. The topological polar surface area (TPSA) is 79.4 Å². The van der Waals surface area contributed by atoms with E-state index in [1.54, 1.807) is 18.5 Å². The molecule has 0 spiro atoms. The minimum atomic E-state index is -0.146. The first-order chi connectivity index (χ1) is 12.3. The number of ether oxygens (including phenoxy) is 1. The van der Waals surface area contributed by atoms with Crippen molar-refractivity contribution in [3.8, 4) is 0 Å². The molecule has 3 rings (SSSR count). The van der Waals surface area contributed by atoms with Crippen LogP contribution in [0.2, 0.25) is 0 Å². The first-order valence-corrected chi connectivity index (χ1v) is 8.48. The second-order valence-electron chi connectivity index (χ2n) is 5.86. The van der Waals surface area contributed by atoms with Crippen molar-refractivity contribution in [3.05, 3.63) is 54.1 Å². The van der Waals surface area contributed by atoms with Crippen LogP contribution in [-0.4, -0.2) is 60.2 Å². The molecule has 1 saturated heterocycles. The largest absolute Gasteiger partial charge is 0.380 e. The molecule has 3 heterocycles. The zero-order chi connectivity index (χ0) is 17.3. The van der Waals surface area contributed by atoms with Crippen LogP contribution in [0.4, 0.5) is 5.69 Å². The lowest BCUT2D eigenvalue weighted by Crippen LogP contribution is -2.41. The predicted octanol–water partition coefficient (Wildman–Crippen LogP) is 1.15. The van der Waals surface area contributed by atoms with Gasteiger partial charge in [0.15, 0.2) is 0 Å². The Kier molecular flexibility index (Phi) is 6.30. The van der Waals surface area contributed by atoms with Gasteiger partial charge in [0.2, 0.25) is 0 Å². The highest BCUT2D eigenvalue weighted by Crippen LogP contribution is 2.08. The molecule has 25 heavy (non-hydrogen) atoms. The van der Waals surface area contributed by atoms with Crippen LogP contribution in [0.5, 0.6) is 0 Å². The molecule has 0 aromatic carbocycles. The van der Waals surface area contributed by atoms with Crippen molar-refractivity contribution in [3.63, 3.8) is 0 Å². The first-order valence-electron chi connectivity index (χ1n) is 8.48. The molecule has 1 aliphatic rings. The summed E-state index contributed by atoms with van der Waals surface area (Å²) in [5, 5.41) is 6.17. The third kappa shape index (κ3) is 5.51. The average Bonchev–Trinajstić information content (AvgIpc) is 2.68. The van der Waals surface area contributed by atoms with E-state index < -0.39 is 0 Å². The molecule has 0 saturated carbocycles. The summed E-state index contributed by atoms with van der Waals surface area (Å²) in [7, 11) is 0. The second-order valence-corrected chi connectivity index (χ2v) is 5.86. The van der Waals surface area contributed by atoms with E-state index in [1.807, 2.05) is 24.4 Å². The Bertz CT molecular complexity index is 657. The van der Waals surface area contributed by atoms with Gasteiger partial charge in [-0.15, -0.1) is 0 Å². The van der Waals surface area contributed by atoms with Crippen molar-refractivity contribution in [1.82, 2.24) is 20.2 Å². The molecule has 0 radical (unpaired) electrons. The van der Waals surface area contributed by atoms with Crippen LogP contribution >= 0.6 is 0 Å². The summed E-state index contributed by atoms with van der Waals surface area (Å²) in [5.41, 5.74) is 2.38. The third-order valence-electron chi connectivity index (χ3n) is 4.03. The van der Waals surface area contributed by atoms with Crippen molar-refractivity contribution in [1.29, 1.82) is 0 Å². The number of nitrogens with one attached hydrogen (secondary N) is 2. The predicted molar refractivity (Wildman–Crippen MR) is 95.4 cm³/mol. The van der Waals surface area contributed by atoms with Crippen LogP contribution in [0.1, 0.15) is 16.1 Å². The van der Waals surface area contributed by atoms with E-state index in [0.29, 0.717) is 18.8 Å². The number of hydrogen-bond acceptors (Lipinski definition) is 6. The summed E-state index contributed by atoms with van der Waals surface area (Å²) in [5.74, 6) is -0.146. The Morgan fingerprint density at radius 2 is 2.08 bits per heavy atom. The Balaban J connectivity index is 1.42. The van der Waals surface area contributed by atoms with Crippen LogP contribution in [-0.2, 0) is 11.3 Å². The fraction of sp³-hybridized carbons (Fsp3) is 0.389. The van der Waals surface area contributed by atoms with Crippen molar-refractivity contribution >= 4 is 11.6 Å². The molecule has 0 bridgehead atoms. The monoisotopic (exact) mass is 341 g/mol. The minimum Gasteiger partial charge on any atom is -0.380 e. The molecule has 132 valence electrons. The summed E-state index contributed by atoms with van der Waals surface area (Å²) in [6.45, 7) is 5.49. The molecule has 0 atom stereocenters. The maximum Gasteiger partial charge on any atom is 0.269 e. The molecule has 1 fully saturated rings. The van der Waals surface area contributed by atoms with Gasteiger partial charge >= 0.3 is 0 Å². The van der Waals surface area contributed by atoms with Crippen molar-refractivity contribution in [2.75, 3.05) is 44.7 Å². The molecular formula is C18H23N5O2. The lowest BCUT2D eigenvalue weighted by molar-refractivity contribution is 0.0383. The Morgan fingerprint density at radius 3 is 2.80 bits per heavy atom. The van der Waals surface area contributed by atoms with Crippen LogP contribution < -0.4 is 10.6 Å². The maximum absolute atomic E-state index is 12.1. The SMILES string of the molecule is O=C(NCCN1CCOCC1)c1ccc(NCc2cccnc2)cn1. The van der Waals surface area contributed by atoms with Gasteiger partial charge in [-0.3, -0.25) is 14.7 Å². The summed E-state index contributed by atoms with van der Waals surface area (Å²) in [6, 6.07) is 7.50. The number of rotatable bonds is 7. The normalized spacial score (nSPS) is 14.9. The van der Waals surface area contributed by atoms with E-state index in [1.165, 1.54) is 0 Å². The number of pyridine rings is 2. The molecule has 2 N–H and O–H groups in total. The second kappa shape index (κ2) is 9.10. The van der Waals surface area contributed by atoms with E-state index in [4.69, 9.17) is 4.74 Å². The van der Waals surface area contributed by atoms with Crippen LogP contribution in [0.25, 0.3) is 0 Å². The zero-order valence-corrected chi connectivity index (χ0v) is 14.1. The van der Waals surface area contributed by atoms with Gasteiger partial charge in [-0.05, 0) is 23.8 Å². The highest BCUT2D eigenvalue weighted by atomic mass is 16.5. The fourth-order valence-electron chi connectivity index (χ4n) is 2.58. The lowest BCUT2D eigenvalue weighted by atomic mass is 10.2. The Hall–Kier alpha value is -2.51. The molecule has 7 heteroatoms. The van der Waals surface area contributed by atoms with E-state index in [2.05, 4.69) is 25.5 Å². The highest BCUT2D eigenvalue weighted by Gasteiger charge is 2.11. The summed E-state index contributed by atoms with van der Waals surface area (Å²) < 4.78 is 5.31. The molecule has 1 aliphatic heterocycles. The smallest absolute Gasteiger partial charge is 0.269 e. The van der Waals surface area contributed by atoms with Crippen molar-refractivity contribution in [2.24, 2.45) is 0 Å². The number of nitrogens with zero attached hydrogens (tertiary/aromatic N) is 3. The van der Waals surface area contributed by atoms with Crippen LogP contribution in [0.15, 0.2) is 42.9 Å². The van der Waals surface area contributed by atoms with Gasteiger partial charge in [0, 0.05) is 45.1 Å². The quantitative estimate of drug-likeness (QED) is 0.786. The number of carbonyl (C=O) groups excluding carboxylic acids is 1. The van der Waals surface area contributed by atoms with Gasteiger partial charge in [0.1, 0.15) is 5.69 Å². The highest BCUT2D eigenvalue weighted by molar-refractivity contribution is 5.92. The van der Waals surface area contributed by atoms with E-state index in [0.717, 1.165) is 44.1 Å². The number of anilines is 1. The molecule has 2 aromatic rings. The number of amides is 1. The summed E-state index contributed by atoms with van der Waals surface area (Å²) in [6.07, 6.45) is 5.24. The number of morpholine rings is 1. The minimum absolute atomic E-state index is 0.146. The van der Waals surface area contributed by atoms with Gasteiger partial charge in [0.05, 0.1) is 25.1 Å². The van der Waals surface area contributed by atoms with Crippen LogP contribution in [0, 0.1) is 0 Å². The van der Waals surface area contributed by atoms with Crippen LogP contribution in [0.3, 0.4) is 0 Å². The fourth-order valence-corrected chi connectivity index (χ4v) is 2.58. The maximum atomic E-state index is 12.1. The van der Waals surface area contributed by atoms with Gasteiger partial charge in [-0.2, -0.15) is 0 Å². The summed E-state index contributed by atoms with van der Waals surface area (Å²) >= 11 is 0. The van der Waals surface area contributed by atoms with E-state index in [9.17, 15) is 4.79 Å². The van der Waals surface area contributed by atoms with Crippen molar-refractivity contribution in [2.45, 2.75) is 6.54 Å². The van der Waals surface area contributed by atoms with E-state index >= 15 is 0 Å². The van der Waals surface area contributed by atoms with Gasteiger partial charge in [-0.1, -0.05) is 6.07 Å². The van der Waals surface area contributed by atoms with Gasteiger partial charge < -0.3 is 15.4 Å². The molecule has 1 amide bonds.